The molecule has 1 saturated carbocycles. The molecule has 1 atom stereocenters. The molecule has 0 aliphatic heterocycles. The lowest BCUT2D eigenvalue weighted by Crippen LogP contribution is -2.01. The van der Waals surface area contributed by atoms with Crippen LogP contribution >= 0.6 is 34.8 Å². The molecule has 1 aliphatic rings. The Morgan fingerprint density at radius 2 is 1.00 bits per heavy atom. The van der Waals surface area contributed by atoms with Gasteiger partial charge in [0.25, 0.3) is 5.13 Å². The highest BCUT2D eigenvalue weighted by Crippen LogP contribution is 2.73. The van der Waals surface area contributed by atoms with Crippen LogP contribution in [0.25, 0.3) is 0 Å². The first-order chi connectivity index (χ1) is 3.75. The van der Waals surface area contributed by atoms with Gasteiger partial charge in [-0.05, 0) is 0 Å². The zero-order valence-electron chi connectivity index (χ0n) is 3.77. The van der Waals surface area contributed by atoms with Gasteiger partial charge in [-0.15, -0.1) is 0 Å². The van der Waals surface area contributed by atoms with Crippen LogP contribution in [0.2, 0.25) is 0 Å². The van der Waals surface area contributed by atoms with Gasteiger partial charge >= 0.3 is 5.92 Å². The normalized spacial score (nSPS) is 44.7. The van der Waals surface area contributed by atoms with E-state index < -0.39 is 15.4 Å². The van der Waals surface area contributed by atoms with Crippen LogP contribution in [0.3, 0.4) is 0 Å². The van der Waals surface area contributed by atoms with Crippen LogP contribution in [0.1, 0.15) is 0 Å². The number of alkyl halides is 6. The molecule has 6 heteroatoms. The molecule has 1 aliphatic carbocycles. The van der Waals surface area contributed by atoms with E-state index in [1.165, 1.54) is 0 Å². The third kappa shape index (κ3) is 0.583. The van der Waals surface area contributed by atoms with Crippen LogP contribution in [0.4, 0.5) is 13.2 Å². The first-order valence-electron chi connectivity index (χ1n) is 1.88. The molecule has 1 fully saturated rings. The van der Waals surface area contributed by atoms with Crippen molar-refractivity contribution in [3.05, 3.63) is 0 Å². The summed E-state index contributed by atoms with van der Waals surface area (Å²) < 4.78 is 33.2. The monoisotopic (exact) mass is 198 g/mol. The molecular weight excluding hydrogens is 199 g/mol. The highest BCUT2D eigenvalue weighted by molar-refractivity contribution is 6.59. The maximum Gasteiger partial charge on any atom is 0.335 e. The Kier molecular flexibility index (Phi) is 1.26. The minimum Gasteiger partial charge on any atom is -0.216 e. The molecule has 0 unspecified atom stereocenters. The van der Waals surface area contributed by atoms with Crippen LogP contribution in [0, 0.1) is 0 Å². The number of halogens is 6. The Balaban J connectivity index is 2.91. The maximum absolute atomic E-state index is 12.1. The molecule has 0 aromatic rings. The average molecular weight is 199 g/mol. The number of rotatable bonds is 0. The van der Waals surface area contributed by atoms with E-state index in [0.717, 1.165) is 0 Å². The van der Waals surface area contributed by atoms with Gasteiger partial charge in [-0.3, -0.25) is 0 Å². The fraction of sp³-hybridized carbons (Fsp3) is 1.00. The molecule has 0 aromatic heterocycles. The standard InChI is InChI=1S/C3Cl3F3/c4-1(5)2(6,7)3(1,8)9/t2-/m1/s1. The van der Waals surface area contributed by atoms with E-state index in [-0.39, 0.29) is 0 Å². The largest absolute Gasteiger partial charge is 0.335 e. The average Bonchev–Trinajstić information content (AvgIpc) is 1.84. The summed E-state index contributed by atoms with van der Waals surface area (Å²) in [7, 11) is 0. The van der Waals surface area contributed by atoms with Crippen LogP contribution < -0.4 is 0 Å². The molecule has 0 nitrogen and oxygen atoms in total. The van der Waals surface area contributed by atoms with Crippen LogP contribution in [0.15, 0.2) is 0 Å². The van der Waals surface area contributed by atoms with Gasteiger partial charge in [0.2, 0.25) is 4.33 Å². The van der Waals surface area contributed by atoms with Crippen molar-refractivity contribution in [3.8, 4) is 0 Å². The van der Waals surface area contributed by atoms with Gasteiger partial charge in [0, 0.05) is 0 Å². The Labute approximate surface area is 63.9 Å². The van der Waals surface area contributed by atoms with Crippen LogP contribution in [-0.4, -0.2) is 15.4 Å². The molecule has 54 valence electrons. The van der Waals surface area contributed by atoms with Crippen molar-refractivity contribution in [1.82, 2.24) is 0 Å². The predicted octanol–water partition coefficient (Wildman–Crippen LogP) is 2.71. The summed E-state index contributed by atoms with van der Waals surface area (Å²) in [5.41, 5.74) is 0. The SMILES string of the molecule is FC1(F)C(Cl)(Cl)[C@]1(F)Cl. The number of hydrogen-bond donors (Lipinski definition) is 0. The van der Waals surface area contributed by atoms with E-state index in [9.17, 15) is 13.2 Å². The minimum absolute atomic E-state index is 2.75. The molecule has 0 aromatic carbocycles. The van der Waals surface area contributed by atoms with E-state index in [4.69, 9.17) is 23.2 Å². The number of hydrogen-bond acceptors (Lipinski definition) is 0. The summed E-state index contributed by atoms with van der Waals surface area (Å²) in [5.74, 6) is -3.83. The maximum atomic E-state index is 12.1. The Morgan fingerprint density at radius 1 is 0.889 bits per heavy atom. The van der Waals surface area contributed by atoms with E-state index in [2.05, 4.69) is 11.6 Å². The highest BCUT2D eigenvalue weighted by atomic mass is 35.5. The van der Waals surface area contributed by atoms with Crippen molar-refractivity contribution < 1.29 is 13.2 Å². The van der Waals surface area contributed by atoms with Crippen molar-refractivity contribution in [1.29, 1.82) is 0 Å². The van der Waals surface area contributed by atoms with Crippen molar-refractivity contribution >= 4 is 34.8 Å². The lowest BCUT2D eigenvalue weighted by molar-refractivity contribution is 0.0730. The lowest BCUT2D eigenvalue weighted by Gasteiger charge is -1.87. The molecular formula is C3Cl3F3. The van der Waals surface area contributed by atoms with Gasteiger partial charge in [0.15, 0.2) is 0 Å². The van der Waals surface area contributed by atoms with Gasteiger partial charge < -0.3 is 0 Å². The molecule has 0 heterocycles. The molecule has 0 radical (unpaired) electrons. The summed E-state index contributed by atoms with van der Waals surface area (Å²) in [6.45, 7) is 0. The Morgan fingerprint density at radius 3 is 1.00 bits per heavy atom. The first-order valence-corrected chi connectivity index (χ1v) is 3.02. The zero-order chi connectivity index (χ0) is 7.50. The second-order valence-electron chi connectivity index (χ2n) is 1.72. The van der Waals surface area contributed by atoms with E-state index in [0.29, 0.717) is 0 Å². The predicted molar refractivity (Wildman–Crippen MR) is 29.1 cm³/mol. The lowest BCUT2D eigenvalue weighted by atomic mass is 10.8. The van der Waals surface area contributed by atoms with E-state index in [1.54, 1.807) is 0 Å². The molecule has 0 amide bonds. The quantitative estimate of drug-likeness (QED) is 0.526. The van der Waals surface area contributed by atoms with E-state index >= 15 is 0 Å². The Bertz CT molecular complexity index is 112. The first kappa shape index (κ1) is 7.76. The zero-order valence-corrected chi connectivity index (χ0v) is 6.04. The fourth-order valence-corrected chi connectivity index (χ4v) is 1.07. The second-order valence-corrected chi connectivity index (χ2v) is 3.57. The van der Waals surface area contributed by atoms with Crippen molar-refractivity contribution in [3.63, 3.8) is 0 Å². The van der Waals surface area contributed by atoms with Crippen LogP contribution in [-0.2, 0) is 0 Å². The summed E-state index contributed by atoms with van der Waals surface area (Å²) in [5, 5.41) is -3.29. The van der Waals surface area contributed by atoms with Gasteiger partial charge in [-0.25, -0.2) is 4.39 Å². The summed E-state index contributed by atoms with van der Waals surface area (Å²) >= 11 is 14.0. The molecule has 0 saturated heterocycles. The topological polar surface area (TPSA) is 0 Å². The van der Waals surface area contributed by atoms with Gasteiger partial charge in [-0.2, -0.15) is 8.78 Å². The molecule has 0 spiro atoms. The van der Waals surface area contributed by atoms with Gasteiger partial charge in [0.05, 0.1) is 0 Å². The second kappa shape index (κ2) is 1.46. The minimum atomic E-state index is -3.83. The van der Waals surface area contributed by atoms with E-state index in [1.807, 2.05) is 0 Å². The third-order valence-corrected chi connectivity index (χ3v) is 2.83. The molecule has 0 N–H and O–H groups in total. The van der Waals surface area contributed by atoms with Crippen molar-refractivity contribution in [2.75, 3.05) is 0 Å². The summed E-state index contributed by atoms with van der Waals surface area (Å²) in [6.07, 6.45) is 0. The summed E-state index contributed by atoms with van der Waals surface area (Å²) in [4.78, 5) is 0. The summed E-state index contributed by atoms with van der Waals surface area (Å²) in [6, 6.07) is 0. The van der Waals surface area contributed by atoms with Crippen LogP contribution in [0.5, 0.6) is 0 Å². The third-order valence-electron chi connectivity index (χ3n) is 1.12. The smallest absolute Gasteiger partial charge is 0.216 e. The molecule has 9 heavy (non-hydrogen) atoms. The van der Waals surface area contributed by atoms with Crippen molar-refractivity contribution in [2.45, 2.75) is 15.4 Å². The molecule has 0 bridgehead atoms. The van der Waals surface area contributed by atoms with Crippen molar-refractivity contribution in [2.24, 2.45) is 0 Å². The highest BCUT2D eigenvalue weighted by Gasteiger charge is 2.94. The fourth-order valence-electron chi connectivity index (χ4n) is 0.356. The van der Waals surface area contributed by atoms with Gasteiger partial charge in [-0.1, -0.05) is 34.8 Å². The van der Waals surface area contributed by atoms with Gasteiger partial charge in [0.1, 0.15) is 0 Å². The Hall–Kier alpha value is 0.660. The molecule has 1 rings (SSSR count).